The third kappa shape index (κ3) is 729. The Morgan fingerprint density at radius 1 is 0.778 bits per heavy atom. The van der Waals surface area contributed by atoms with E-state index in [1.165, 1.54) is 0 Å². The minimum absolute atomic E-state index is 0. The third-order valence-corrected chi connectivity index (χ3v) is 0. The van der Waals surface area contributed by atoms with Crippen LogP contribution in [-0.4, -0.2) is 45.5 Å². The topological polar surface area (TPSA) is 115 Å². The molecule has 0 aliphatic heterocycles. The van der Waals surface area contributed by atoms with Gasteiger partial charge in [0.05, 0.1) is 0 Å². The Balaban J connectivity index is -0.0000000720. The quantitative estimate of drug-likeness (QED) is 0.274. The van der Waals surface area contributed by atoms with E-state index < -0.39 is 22.7 Å². The van der Waals surface area contributed by atoms with Crippen molar-refractivity contribution < 1.29 is 26.6 Å². The average Bonchev–Trinajstić information content (AvgIpc) is 1.25. The second kappa shape index (κ2) is 11.5. The van der Waals surface area contributed by atoms with Gasteiger partial charge in [0.2, 0.25) is 0 Å². The van der Waals surface area contributed by atoms with Crippen molar-refractivity contribution in [3.8, 4) is 0 Å². The summed E-state index contributed by atoms with van der Waals surface area (Å²) in [7, 11) is 0. The van der Waals surface area contributed by atoms with E-state index in [0.717, 1.165) is 0 Å². The van der Waals surface area contributed by atoms with Gasteiger partial charge in [-0.3, -0.25) is 18.2 Å². The summed E-state index contributed by atoms with van der Waals surface area (Å²) in [5.41, 5.74) is 0. The van der Waals surface area contributed by atoms with Gasteiger partial charge >= 0.3 is 0 Å². The molecule has 0 fully saturated rings. The molecule has 0 saturated heterocycles. The van der Waals surface area contributed by atoms with E-state index in [4.69, 9.17) is 26.6 Å². The van der Waals surface area contributed by atoms with Crippen molar-refractivity contribution >= 4 is 41.6 Å². The van der Waals surface area contributed by atoms with Gasteiger partial charge in [0.15, 0.2) is 0 Å². The molecule has 0 aromatic heterocycles. The zero-order valence-corrected chi connectivity index (χ0v) is 6.05. The van der Waals surface area contributed by atoms with E-state index >= 15 is 0 Å². The molecule has 0 saturated carbocycles. The molecule has 6 nitrogen and oxygen atoms in total. The summed E-state index contributed by atoms with van der Waals surface area (Å²) in [5.74, 6) is 0. The Bertz CT molecular complexity index is 69.1. The van der Waals surface area contributed by atoms with E-state index in [-0.39, 0.29) is 18.9 Å². The molecular formula is H4LiO6S2. The predicted octanol–water partition coefficient (Wildman–Crippen LogP) is -1.02. The number of rotatable bonds is 0. The van der Waals surface area contributed by atoms with Crippen molar-refractivity contribution in [2.75, 3.05) is 0 Å². The van der Waals surface area contributed by atoms with E-state index in [2.05, 4.69) is 0 Å². The molecule has 1 radical (unpaired) electrons. The van der Waals surface area contributed by atoms with Gasteiger partial charge in [0.25, 0.3) is 22.7 Å². The summed E-state index contributed by atoms with van der Waals surface area (Å²) >= 11 is -5.22. The number of hydrogen-bond acceptors (Lipinski definition) is 2. The summed E-state index contributed by atoms with van der Waals surface area (Å²) in [4.78, 5) is 0. The van der Waals surface area contributed by atoms with Crippen LogP contribution >= 0.6 is 0 Å². The van der Waals surface area contributed by atoms with E-state index in [1.54, 1.807) is 0 Å². The molecule has 0 heterocycles. The molecule has 0 atom stereocenters. The zero-order chi connectivity index (χ0) is 7.15. The van der Waals surface area contributed by atoms with Crippen LogP contribution in [-0.2, 0) is 22.7 Å². The fraction of sp³-hybridized carbons (Fsp3) is 0. The van der Waals surface area contributed by atoms with Crippen LogP contribution in [0, 0.1) is 0 Å². The monoisotopic (exact) mass is 171 g/mol. The summed E-state index contributed by atoms with van der Waals surface area (Å²) in [5, 5.41) is 0. The first-order valence-electron chi connectivity index (χ1n) is 1.06. The van der Waals surface area contributed by atoms with Crippen LogP contribution in [0.3, 0.4) is 0 Å². The first-order chi connectivity index (χ1) is 3.46. The Kier molecular flexibility index (Phi) is 21.0. The van der Waals surface area contributed by atoms with Crippen molar-refractivity contribution in [3.63, 3.8) is 0 Å². The predicted molar refractivity (Wildman–Crippen MR) is 32.6 cm³/mol. The Morgan fingerprint density at radius 3 is 0.778 bits per heavy atom. The van der Waals surface area contributed by atoms with Gasteiger partial charge in [-0.05, 0) is 0 Å². The van der Waals surface area contributed by atoms with Crippen LogP contribution in [0.4, 0.5) is 0 Å². The molecule has 0 bridgehead atoms. The normalized spacial score (nSPS) is 7.78. The van der Waals surface area contributed by atoms with Crippen molar-refractivity contribution in [2.24, 2.45) is 0 Å². The van der Waals surface area contributed by atoms with Gasteiger partial charge in [0.1, 0.15) is 0 Å². The minimum Gasteiger partial charge on any atom is -0.284 e. The van der Waals surface area contributed by atoms with Gasteiger partial charge in [-0.25, -0.2) is 0 Å². The summed E-state index contributed by atoms with van der Waals surface area (Å²) in [6.07, 6.45) is 0. The van der Waals surface area contributed by atoms with E-state index in [9.17, 15) is 0 Å². The van der Waals surface area contributed by atoms with Gasteiger partial charge in [-0.1, -0.05) is 0 Å². The molecule has 9 heteroatoms. The maximum atomic E-state index is 8.67. The molecule has 0 aromatic rings. The maximum absolute atomic E-state index is 8.67. The smallest absolute Gasteiger partial charge is 0.284 e. The molecule has 0 aromatic carbocycles. The van der Waals surface area contributed by atoms with Gasteiger partial charge in [-0.15, -0.1) is 0 Å². The van der Waals surface area contributed by atoms with Crippen LogP contribution < -0.4 is 0 Å². The standard InChI is InChI=1S/Li.2H2O3S/c;2*1-4(2)3/h;2*(H2,1,2,3). The molecule has 53 valence electrons. The van der Waals surface area contributed by atoms with Gasteiger partial charge < -0.3 is 0 Å². The molecule has 4 N–H and O–H groups in total. The average molecular weight is 171 g/mol. The Labute approximate surface area is 68.4 Å². The summed E-state index contributed by atoms with van der Waals surface area (Å²) in [6, 6.07) is 0. The van der Waals surface area contributed by atoms with Gasteiger partial charge in [-0.2, -0.15) is 8.42 Å². The third-order valence-electron chi connectivity index (χ3n) is 0. The maximum Gasteiger partial charge on any atom is 0.299 e. The Hall–Kier alpha value is 0.737. The first-order valence-corrected chi connectivity index (χ1v) is 3.19. The van der Waals surface area contributed by atoms with Crippen LogP contribution in [0.25, 0.3) is 0 Å². The fourth-order valence-electron chi connectivity index (χ4n) is 0. The van der Waals surface area contributed by atoms with Crippen LogP contribution in [0.2, 0.25) is 0 Å². The zero-order valence-electron chi connectivity index (χ0n) is 4.42. The molecule has 0 aliphatic rings. The van der Waals surface area contributed by atoms with Crippen molar-refractivity contribution in [1.82, 2.24) is 0 Å². The SMILES string of the molecule is O=S(O)O.O=S(O)O.[Li]. The second-order valence-corrected chi connectivity index (χ2v) is 1.38. The fourth-order valence-corrected chi connectivity index (χ4v) is 0. The molecule has 0 unspecified atom stereocenters. The minimum atomic E-state index is -2.61. The Morgan fingerprint density at radius 2 is 0.778 bits per heavy atom. The van der Waals surface area contributed by atoms with Crippen LogP contribution in [0.15, 0.2) is 0 Å². The van der Waals surface area contributed by atoms with Crippen molar-refractivity contribution in [1.29, 1.82) is 0 Å². The molecule has 9 heavy (non-hydrogen) atoms. The molecule has 0 rings (SSSR count). The molecular weight excluding hydrogens is 167 g/mol. The largest absolute Gasteiger partial charge is 0.299 e. The van der Waals surface area contributed by atoms with Crippen molar-refractivity contribution in [3.05, 3.63) is 0 Å². The van der Waals surface area contributed by atoms with E-state index in [1.807, 2.05) is 0 Å². The van der Waals surface area contributed by atoms with Crippen LogP contribution in [0.5, 0.6) is 0 Å². The van der Waals surface area contributed by atoms with Crippen LogP contribution in [0.1, 0.15) is 0 Å². The second-order valence-electron chi connectivity index (χ2n) is 0.461. The molecule has 0 aliphatic carbocycles. The molecule has 0 amide bonds. The van der Waals surface area contributed by atoms with E-state index in [0.29, 0.717) is 0 Å². The molecule has 0 spiro atoms. The van der Waals surface area contributed by atoms with Gasteiger partial charge in [0, 0.05) is 18.9 Å². The number of hydrogen-bond donors (Lipinski definition) is 4. The summed E-state index contributed by atoms with van der Waals surface area (Å²) in [6.45, 7) is 0. The van der Waals surface area contributed by atoms with Crippen molar-refractivity contribution in [2.45, 2.75) is 0 Å². The first kappa shape index (κ1) is 16.4. The summed E-state index contributed by atoms with van der Waals surface area (Å²) < 4.78 is 45.7.